The summed E-state index contributed by atoms with van der Waals surface area (Å²) in [6.07, 6.45) is 1.88. The molecule has 72 valence electrons. The lowest BCUT2D eigenvalue weighted by Gasteiger charge is -2.03. The molecular formula is C9H5Br2NO2. The molecule has 1 aliphatic rings. The first kappa shape index (κ1) is 8.61. The first-order chi connectivity index (χ1) is 6.79. The summed E-state index contributed by atoms with van der Waals surface area (Å²) >= 11 is 6.99. The van der Waals surface area contributed by atoms with Gasteiger partial charge in [0.1, 0.15) is 0 Å². The molecule has 0 bridgehead atoms. The van der Waals surface area contributed by atoms with E-state index < -0.39 is 0 Å². The lowest BCUT2D eigenvalue weighted by molar-refractivity contribution is 0.173. The molecule has 3 nitrogen and oxygen atoms in total. The summed E-state index contributed by atoms with van der Waals surface area (Å²) < 4.78 is 12.6. The molecule has 0 amide bonds. The molecule has 1 N–H and O–H groups in total. The number of aromatic nitrogens is 1. The molecule has 0 spiro atoms. The standard InChI is InChI=1S/C9H5Br2NO2/c10-5-4-1-2-12-7(4)6(11)9-8(5)13-3-14-9/h1-2,12H,3H2. The number of hydrogen-bond donors (Lipinski definition) is 1. The Balaban J connectivity index is 2.51. The third-order valence-corrected chi connectivity index (χ3v) is 3.76. The van der Waals surface area contributed by atoms with Crippen molar-refractivity contribution in [2.45, 2.75) is 0 Å². The van der Waals surface area contributed by atoms with Crippen molar-refractivity contribution >= 4 is 42.8 Å². The largest absolute Gasteiger partial charge is 0.452 e. The maximum atomic E-state index is 5.37. The van der Waals surface area contributed by atoms with Crippen LogP contribution in [0.2, 0.25) is 0 Å². The minimum Gasteiger partial charge on any atom is -0.452 e. The summed E-state index contributed by atoms with van der Waals surface area (Å²) in [5.41, 5.74) is 1.01. The Morgan fingerprint density at radius 1 is 1.14 bits per heavy atom. The molecule has 0 fully saturated rings. The number of halogens is 2. The van der Waals surface area contributed by atoms with Crippen LogP contribution in [-0.4, -0.2) is 11.8 Å². The Labute approximate surface area is 96.6 Å². The van der Waals surface area contributed by atoms with Crippen LogP contribution in [0.1, 0.15) is 0 Å². The third kappa shape index (κ3) is 0.966. The molecule has 1 aromatic carbocycles. The van der Waals surface area contributed by atoms with Crippen molar-refractivity contribution in [3.8, 4) is 11.5 Å². The fourth-order valence-electron chi connectivity index (χ4n) is 1.57. The fraction of sp³-hybridized carbons (Fsp3) is 0.111. The number of benzene rings is 1. The molecule has 5 heteroatoms. The van der Waals surface area contributed by atoms with E-state index in [0.29, 0.717) is 0 Å². The van der Waals surface area contributed by atoms with E-state index in [0.717, 1.165) is 31.3 Å². The number of ether oxygens (including phenoxy) is 2. The van der Waals surface area contributed by atoms with Gasteiger partial charge in [-0.1, -0.05) is 0 Å². The zero-order valence-electron chi connectivity index (χ0n) is 6.93. The minimum atomic E-state index is 0.277. The molecule has 0 radical (unpaired) electrons. The predicted molar refractivity (Wildman–Crippen MR) is 59.8 cm³/mol. The van der Waals surface area contributed by atoms with Gasteiger partial charge in [0.2, 0.25) is 6.79 Å². The van der Waals surface area contributed by atoms with Gasteiger partial charge in [0.25, 0.3) is 0 Å². The van der Waals surface area contributed by atoms with Crippen LogP contribution in [0.15, 0.2) is 21.2 Å². The molecule has 0 unspecified atom stereocenters. The second-order valence-corrected chi connectivity index (χ2v) is 4.55. The molecule has 0 saturated carbocycles. The summed E-state index contributed by atoms with van der Waals surface area (Å²) in [5, 5.41) is 1.08. The molecule has 2 heterocycles. The summed E-state index contributed by atoms with van der Waals surface area (Å²) in [4.78, 5) is 3.15. The number of H-pyrrole nitrogens is 1. The summed E-state index contributed by atoms with van der Waals surface area (Å²) in [5.74, 6) is 1.52. The first-order valence-corrected chi connectivity index (χ1v) is 5.61. The molecule has 14 heavy (non-hydrogen) atoms. The van der Waals surface area contributed by atoms with Crippen LogP contribution in [0.4, 0.5) is 0 Å². The highest BCUT2D eigenvalue weighted by Gasteiger charge is 2.24. The number of hydrogen-bond acceptors (Lipinski definition) is 2. The van der Waals surface area contributed by atoms with Crippen molar-refractivity contribution in [3.63, 3.8) is 0 Å². The van der Waals surface area contributed by atoms with E-state index in [1.165, 1.54) is 0 Å². The highest BCUT2D eigenvalue weighted by atomic mass is 79.9. The van der Waals surface area contributed by atoms with Crippen LogP contribution in [0.25, 0.3) is 10.9 Å². The molecule has 1 aromatic heterocycles. The smallest absolute Gasteiger partial charge is 0.231 e. The Morgan fingerprint density at radius 3 is 2.64 bits per heavy atom. The number of nitrogens with one attached hydrogen (secondary N) is 1. The van der Waals surface area contributed by atoms with Gasteiger partial charge in [0.05, 0.1) is 14.5 Å². The molecular weight excluding hydrogens is 314 g/mol. The normalized spacial score (nSPS) is 13.9. The lowest BCUT2D eigenvalue weighted by Crippen LogP contribution is -1.93. The topological polar surface area (TPSA) is 34.2 Å². The molecule has 0 saturated heterocycles. The maximum Gasteiger partial charge on any atom is 0.231 e. The molecule has 0 atom stereocenters. The quantitative estimate of drug-likeness (QED) is 0.807. The van der Waals surface area contributed by atoms with Crippen LogP contribution >= 0.6 is 31.9 Å². The third-order valence-electron chi connectivity index (χ3n) is 2.21. The van der Waals surface area contributed by atoms with E-state index in [4.69, 9.17) is 9.47 Å². The van der Waals surface area contributed by atoms with Gasteiger partial charge in [0.15, 0.2) is 11.5 Å². The van der Waals surface area contributed by atoms with E-state index in [9.17, 15) is 0 Å². The maximum absolute atomic E-state index is 5.37. The molecule has 2 aromatic rings. The number of aromatic amines is 1. The molecule has 1 aliphatic heterocycles. The predicted octanol–water partition coefficient (Wildman–Crippen LogP) is 3.42. The highest BCUT2D eigenvalue weighted by Crippen LogP contribution is 2.49. The van der Waals surface area contributed by atoms with Gasteiger partial charge in [0, 0.05) is 11.6 Å². The van der Waals surface area contributed by atoms with Crippen molar-refractivity contribution in [3.05, 3.63) is 21.2 Å². The van der Waals surface area contributed by atoms with Crippen molar-refractivity contribution in [1.82, 2.24) is 4.98 Å². The second kappa shape index (κ2) is 2.90. The van der Waals surface area contributed by atoms with Gasteiger partial charge >= 0.3 is 0 Å². The summed E-state index contributed by atoms with van der Waals surface area (Å²) in [7, 11) is 0. The van der Waals surface area contributed by atoms with Gasteiger partial charge in [-0.3, -0.25) is 0 Å². The average molecular weight is 319 g/mol. The van der Waals surface area contributed by atoms with Crippen LogP contribution in [0.5, 0.6) is 11.5 Å². The Hall–Kier alpha value is -0.680. The Morgan fingerprint density at radius 2 is 1.86 bits per heavy atom. The van der Waals surface area contributed by atoms with E-state index in [2.05, 4.69) is 36.8 Å². The molecule has 3 rings (SSSR count). The van der Waals surface area contributed by atoms with Crippen molar-refractivity contribution < 1.29 is 9.47 Å². The summed E-state index contributed by atoms with van der Waals surface area (Å²) in [6, 6.07) is 1.99. The second-order valence-electron chi connectivity index (χ2n) is 2.96. The highest BCUT2D eigenvalue weighted by molar-refractivity contribution is 9.11. The average Bonchev–Trinajstić information content (AvgIpc) is 2.82. The Bertz CT molecular complexity index is 477. The monoisotopic (exact) mass is 317 g/mol. The zero-order chi connectivity index (χ0) is 9.71. The number of fused-ring (bicyclic) bond motifs is 2. The minimum absolute atomic E-state index is 0.277. The molecule has 0 aliphatic carbocycles. The Kier molecular flexibility index (Phi) is 1.79. The van der Waals surface area contributed by atoms with E-state index >= 15 is 0 Å². The van der Waals surface area contributed by atoms with Crippen LogP contribution < -0.4 is 9.47 Å². The van der Waals surface area contributed by atoms with Gasteiger partial charge in [-0.25, -0.2) is 0 Å². The van der Waals surface area contributed by atoms with Crippen molar-refractivity contribution in [2.24, 2.45) is 0 Å². The van der Waals surface area contributed by atoms with Gasteiger partial charge in [-0.2, -0.15) is 0 Å². The van der Waals surface area contributed by atoms with E-state index in [1.54, 1.807) is 0 Å². The summed E-state index contributed by atoms with van der Waals surface area (Å²) in [6.45, 7) is 0.277. The van der Waals surface area contributed by atoms with Crippen LogP contribution in [0.3, 0.4) is 0 Å². The van der Waals surface area contributed by atoms with Gasteiger partial charge < -0.3 is 14.5 Å². The lowest BCUT2D eigenvalue weighted by atomic mass is 10.2. The van der Waals surface area contributed by atoms with Gasteiger partial charge in [-0.15, -0.1) is 0 Å². The fourth-order valence-corrected chi connectivity index (χ4v) is 2.82. The SMILES string of the molecule is Brc1c2c(c(Br)c3[nH]ccc13)OCO2. The van der Waals surface area contributed by atoms with Crippen molar-refractivity contribution in [2.75, 3.05) is 6.79 Å². The van der Waals surface area contributed by atoms with Gasteiger partial charge in [-0.05, 0) is 37.9 Å². The van der Waals surface area contributed by atoms with E-state index in [-0.39, 0.29) is 6.79 Å². The zero-order valence-corrected chi connectivity index (χ0v) is 10.1. The first-order valence-electron chi connectivity index (χ1n) is 4.02. The van der Waals surface area contributed by atoms with E-state index in [1.807, 2.05) is 12.3 Å². The van der Waals surface area contributed by atoms with Crippen molar-refractivity contribution in [1.29, 1.82) is 0 Å². The van der Waals surface area contributed by atoms with Crippen LogP contribution in [0, 0.1) is 0 Å². The number of rotatable bonds is 0. The van der Waals surface area contributed by atoms with Crippen LogP contribution in [-0.2, 0) is 0 Å².